The van der Waals surface area contributed by atoms with Crippen LogP contribution in [0.3, 0.4) is 0 Å². The highest BCUT2D eigenvalue weighted by molar-refractivity contribution is 6.21. The molecule has 0 spiro atoms. The van der Waals surface area contributed by atoms with Crippen molar-refractivity contribution < 1.29 is 28.8 Å². The van der Waals surface area contributed by atoms with Crippen LogP contribution in [0.5, 0.6) is 0 Å². The predicted octanol–water partition coefficient (Wildman–Crippen LogP) is 4.44. The van der Waals surface area contributed by atoms with Crippen molar-refractivity contribution >= 4 is 28.8 Å². The van der Waals surface area contributed by atoms with Gasteiger partial charge in [0.05, 0.1) is 30.2 Å². The molecule has 0 aliphatic carbocycles. The van der Waals surface area contributed by atoms with Crippen molar-refractivity contribution in [2.24, 2.45) is 0 Å². The molecule has 1 aliphatic heterocycles. The number of hydrogen-bond acceptors (Lipinski definition) is 5. The number of esters is 1. The Morgan fingerprint density at radius 2 is 1.55 bits per heavy atom. The fraction of sp³-hybridized carbons (Fsp3) is 0.312. The lowest BCUT2D eigenvalue weighted by molar-refractivity contribution is -0.687. The van der Waals surface area contributed by atoms with E-state index < -0.39 is 6.10 Å². The van der Waals surface area contributed by atoms with E-state index in [-0.39, 0.29) is 37.4 Å². The summed E-state index contributed by atoms with van der Waals surface area (Å²) in [5.74, 6) is -0.263. The lowest BCUT2D eigenvalue weighted by atomic mass is 10.1. The van der Waals surface area contributed by atoms with Crippen LogP contribution in [0.1, 0.15) is 65.4 Å². The molecule has 0 radical (unpaired) electrons. The number of amides is 2. The van der Waals surface area contributed by atoms with E-state index in [0.29, 0.717) is 24.2 Å². The Bertz CT molecular complexity index is 1490. The Kier molecular flexibility index (Phi) is 9.11. The van der Waals surface area contributed by atoms with E-state index in [0.717, 1.165) is 28.0 Å². The number of aliphatic hydroxyl groups is 1. The average Bonchev–Trinajstić information content (AvgIpc) is 3.39. The maximum absolute atomic E-state index is 13.1. The molecule has 4 aromatic rings. The van der Waals surface area contributed by atoms with Crippen LogP contribution < -0.4 is 4.57 Å². The van der Waals surface area contributed by atoms with E-state index in [1.165, 1.54) is 4.90 Å². The largest absolute Gasteiger partial charge is 0.461 e. The molecule has 0 saturated carbocycles. The number of fused-ring (bicyclic) bond motifs is 2. The number of aromatic nitrogens is 2. The topological polar surface area (TPSA) is 92.7 Å². The number of benzene rings is 3. The summed E-state index contributed by atoms with van der Waals surface area (Å²) in [4.78, 5) is 40.0. The molecular formula is C32H36N3O5+. The number of rotatable bonds is 9. The zero-order valence-corrected chi connectivity index (χ0v) is 23.5. The molecule has 208 valence electrons. The maximum Gasteiger partial charge on any atom is 0.310 e. The van der Waals surface area contributed by atoms with Gasteiger partial charge in [-0.2, -0.15) is 0 Å². The molecule has 8 nitrogen and oxygen atoms in total. The number of carbonyl (C=O) groups excluding carboxylic acids is 3. The summed E-state index contributed by atoms with van der Waals surface area (Å²) in [6.45, 7) is 8.83. The molecule has 0 saturated heterocycles. The van der Waals surface area contributed by atoms with Gasteiger partial charge in [-0.1, -0.05) is 62.4 Å². The normalized spacial score (nSPS) is 13.2. The lowest BCUT2D eigenvalue weighted by Gasteiger charge is -2.13. The second-order valence-electron chi connectivity index (χ2n) is 9.51. The second kappa shape index (κ2) is 12.7. The summed E-state index contributed by atoms with van der Waals surface area (Å²) < 4.78 is 9.44. The molecule has 0 fully saturated rings. The molecule has 2 amide bonds. The molecule has 5 rings (SSSR count). The molecule has 2 heterocycles. The van der Waals surface area contributed by atoms with Crippen LogP contribution in [0.25, 0.3) is 11.0 Å². The van der Waals surface area contributed by atoms with Gasteiger partial charge in [-0.3, -0.25) is 19.3 Å². The monoisotopic (exact) mass is 542 g/mol. The Morgan fingerprint density at radius 3 is 2.15 bits per heavy atom. The van der Waals surface area contributed by atoms with Crippen LogP contribution in [0.4, 0.5) is 0 Å². The fourth-order valence-corrected chi connectivity index (χ4v) is 5.02. The first-order valence-corrected chi connectivity index (χ1v) is 13.7. The quantitative estimate of drug-likeness (QED) is 0.192. The van der Waals surface area contributed by atoms with Gasteiger partial charge in [-0.25, -0.2) is 9.13 Å². The molecule has 8 heteroatoms. The fourth-order valence-electron chi connectivity index (χ4n) is 5.02. The minimum Gasteiger partial charge on any atom is -0.461 e. The number of hydrogen-bond donors (Lipinski definition) is 1. The van der Waals surface area contributed by atoms with Gasteiger partial charge in [0.15, 0.2) is 11.0 Å². The van der Waals surface area contributed by atoms with Gasteiger partial charge in [0, 0.05) is 0 Å². The second-order valence-corrected chi connectivity index (χ2v) is 9.51. The van der Waals surface area contributed by atoms with Crippen molar-refractivity contribution in [3.8, 4) is 0 Å². The van der Waals surface area contributed by atoms with E-state index in [1.54, 1.807) is 31.2 Å². The molecule has 1 unspecified atom stereocenters. The van der Waals surface area contributed by atoms with E-state index in [4.69, 9.17) is 4.74 Å². The summed E-state index contributed by atoms with van der Waals surface area (Å²) in [6.07, 6.45) is -0.536. The zero-order valence-electron chi connectivity index (χ0n) is 23.5. The highest BCUT2D eigenvalue weighted by Crippen LogP contribution is 2.26. The number of nitrogens with zero attached hydrogens (tertiary/aromatic N) is 3. The van der Waals surface area contributed by atoms with E-state index in [1.807, 2.05) is 78.4 Å². The molecular weight excluding hydrogens is 506 g/mol. The van der Waals surface area contributed by atoms with Gasteiger partial charge >= 0.3 is 5.97 Å². The molecule has 40 heavy (non-hydrogen) atoms. The van der Waals surface area contributed by atoms with Crippen LogP contribution in [0.15, 0.2) is 72.8 Å². The highest BCUT2D eigenvalue weighted by Gasteiger charge is 2.38. The standard InChI is InChI=1S/C30H30N3O5.C2H6/c1-3-31-26-15-22(16-28(35)38-19-21-9-5-4-6-10-21)13-14-25(26)32(17-20(2)34)27(31)18-33-29(36)23-11-7-8-12-24(23)30(33)37;1-2/h4-15,20,34H,3,16-19H2,1-2H3;1-2H3/q+1;. The first kappa shape index (κ1) is 28.7. The molecule has 0 bridgehead atoms. The predicted molar refractivity (Wildman–Crippen MR) is 151 cm³/mol. The summed E-state index contributed by atoms with van der Waals surface area (Å²) in [7, 11) is 0. The first-order chi connectivity index (χ1) is 19.4. The summed E-state index contributed by atoms with van der Waals surface area (Å²) in [5, 5.41) is 10.3. The van der Waals surface area contributed by atoms with Crippen LogP contribution in [-0.4, -0.2) is 38.5 Å². The van der Waals surface area contributed by atoms with Crippen LogP contribution in [-0.2, 0) is 42.2 Å². The van der Waals surface area contributed by atoms with Crippen molar-refractivity contribution in [2.45, 2.75) is 66.5 Å². The van der Waals surface area contributed by atoms with E-state index in [9.17, 15) is 19.5 Å². The van der Waals surface area contributed by atoms with Gasteiger partial charge in [-0.15, -0.1) is 0 Å². The highest BCUT2D eigenvalue weighted by atomic mass is 16.5. The lowest BCUT2D eigenvalue weighted by Crippen LogP contribution is -2.45. The van der Waals surface area contributed by atoms with Crippen molar-refractivity contribution in [2.75, 3.05) is 0 Å². The smallest absolute Gasteiger partial charge is 0.310 e. The number of aryl methyl sites for hydroxylation is 1. The average molecular weight is 543 g/mol. The first-order valence-electron chi connectivity index (χ1n) is 13.7. The van der Waals surface area contributed by atoms with Crippen molar-refractivity contribution in [3.63, 3.8) is 0 Å². The van der Waals surface area contributed by atoms with Crippen molar-refractivity contribution in [3.05, 3.63) is 101 Å². The Labute approximate surface area is 234 Å². The van der Waals surface area contributed by atoms with Gasteiger partial charge in [-0.05, 0) is 49.2 Å². The van der Waals surface area contributed by atoms with Crippen molar-refractivity contribution in [1.29, 1.82) is 0 Å². The molecule has 1 aliphatic rings. The number of carbonyl (C=O) groups is 3. The maximum atomic E-state index is 13.1. The number of imidazole rings is 1. The molecule has 1 atom stereocenters. The summed E-state index contributed by atoms with van der Waals surface area (Å²) in [6, 6.07) is 22.1. The number of imide groups is 1. The molecule has 3 aromatic carbocycles. The zero-order chi connectivity index (χ0) is 28.8. The minimum atomic E-state index is -0.649. The van der Waals surface area contributed by atoms with Crippen LogP contribution in [0, 0.1) is 0 Å². The van der Waals surface area contributed by atoms with Crippen LogP contribution in [0.2, 0.25) is 0 Å². The van der Waals surface area contributed by atoms with E-state index in [2.05, 4.69) is 0 Å². The third kappa shape index (κ3) is 5.82. The van der Waals surface area contributed by atoms with E-state index >= 15 is 0 Å². The number of ether oxygens (including phenoxy) is 1. The number of aliphatic hydroxyl groups excluding tert-OH is 1. The minimum absolute atomic E-state index is 0.0655. The SMILES string of the molecule is CC.CCn1c(CN2C(=O)c3ccccc3C2=O)[n+](CC(C)O)c2ccc(CC(=O)OCc3ccccc3)cc21. The third-order valence-corrected chi connectivity index (χ3v) is 6.78. The van der Waals surface area contributed by atoms with Gasteiger partial charge < -0.3 is 9.84 Å². The molecule has 1 aromatic heterocycles. The van der Waals surface area contributed by atoms with Crippen LogP contribution >= 0.6 is 0 Å². The van der Waals surface area contributed by atoms with Gasteiger partial charge in [0.1, 0.15) is 19.7 Å². The molecule has 1 N–H and O–H groups in total. The summed E-state index contributed by atoms with van der Waals surface area (Å²) in [5.41, 5.74) is 4.21. The van der Waals surface area contributed by atoms with Gasteiger partial charge in [0.2, 0.25) is 0 Å². The van der Waals surface area contributed by atoms with Gasteiger partial charge in [0.25, 0.3) is 17.6 Å². The van der Waals surface area contributed by atoms with Crippen molar-refractivity contribution in [1.82, 2.24) is 9.47 Å². The Hall–Kier alpha value is -4.30. The Morgan fingerprint density at radius 1 is 0.925 bits per heavy atom. The Balaban J connectivity index is 0.00000181. The summed E-state index contributed by atoms with van der Waals surface area (Å²) >= 11 is 0. The third-order valence-electron chi connectivity index (χ3n) is 6.78.